The topological polar surface area (TPSA) is 3.24 Å². The standard InChI is InChI=1S/C14H11F2IN.Y/c1-3-18-9(2)13(17)4-5-14(18)10-6-11(15)8-12(16)7-10;/h4,6-8H,2-3H2,1H3;/q-1;. The van der Waals surface area contributed by atoms with Crippen molar-refractivity contribution in [2.75, 3.05) is 6.54 Å². The Kier molecular flexibility index (Phi) is 6.34. The molecule has 0 atom stereocenters. The molecule has 0 fully saturated rings. The molecule has 1 heterocycles. The molecule has 1 radical (unpaired) electrons. The van der Waals surface area contributed by atoms with E-state index in [4.69, 9.17) is 0 Å². The van der Waals surface area contributed by atoms with Gasteiger partial charge in [0.15, 0.2) is 0 Å². The van der Waals surface area contributed by atoms with Crippen LogP contribution in [0, 0.1) is 17.7 Å². The first-order valence-electron chi connectivity index (χ1n) is 5.45. The maximum absolute atomic E-state index is 13.2. The third-order valence-corrected chi connectivity index (χ3v) is 3.59. The van der Waals surface area contributed by atoms with Gasteiger partial charge in [-0.2, -0.15) is 12.2 Å². The van der Waals surface area contributed by atoms with E-state index in [-0.39, 0.29) is 32.7 Å². The zero-order valence-electron chi connectivity index (χ0n) is 10.4. The van der Waals surface area contributed by atoms with Crippen LogP contribution in [0.1, 0.15) is 12.5 Å². The van der Waals surface area contributed by atoms with E-state index in [9.17, 15) is 8.78 Å². The fraction of sp³-hybridized carbons (Fsp3) is 0.143. The monoisotopic (exact) mass is 447 g/mol. The van der Waals surface area contributed by atoms with Gasteiger partial charge in [-0.05, 0) is 12.6 Å². The summed E-state index contributed by atoms with van der Waals surface area (Å²) in [5.41, 5.74) is 1.92. The van der Waals surface area contributed by atoms with Gasteiger partial charge in [0.2, 0.25) is 0 Å². The molecule has 1 aromatic carbocycles. The van der Waals surface area contributed by atoms with Gasteiger partial charge in [-0.3, -0.25) is 0 Å². The van der Waals surface area contributed by atoms with Gasteiger partial charge in [-0.25, -0.2) is 8.78 Å². The number of allylic oxidation sites excluding steroid dienone is 3. The smallest absolute Gasteiger partial charge is 0.114 e. The largest absolute Gasteiger partial charge is 0.375 e. The van der Waals surface area contributed by atoms with E-state index < -0.39 is 11.6 Å². The van der Waals surface area contributed by atoms with Crippen LogP contribution in [0.5, 0.6) is 0 Å². The molecular formula is C14H11F2INY-. The molecule has 1 aliphatic rings. The molecule has 1 aromatic rings. The Hall–Kier alpha value is -0.0661. The molecule has 0 unspecified atom stereocenters. The Bertz CT molecular complexity index is 546. The van der Waals surface area contributed by atoms with E-state index in [2.05, 4.69) is 35.2 Å². The molecule has 1 nitrogen and oxygen atoms in total. The zero-order chi connectivity index (χ0) is 13.3. The molecule has 0 spiro atoms. The molecule has 97 valence electrons. The average Bonchev–Trinajstić information content (AvgIpc) is 2.31. The molecular weight excluding hydrogens is 436 g/mol. The summed E-state index contributed by atoms with van der Waals surface area (Å²) in [5, 5.41) is 0. The van der Waals surface area contributed by atoms with Crippen LogP contribution in [-0.2, 0) is 32.7 Å². The minimum Gasteiger partial charge on any atom is -0.375 e. The Morgan fingerprint density at radius 2 is 1.84 bits per heavy atom. The van der Waals surface area contributed by atoms with Gasteiger partial charge < -0.3 is 4.90 Å². The van der Waals surface area contributed by atoms with Crippen molar-refractivity contribution < 1.29 is 41.5 Å². The Balaban J connectivity index is 0.00000180. The van der Waals surface area contributed by atoms with E-state index in [1.165, 1.54) is 12.1 Å². The second-order valence-corrected chi connectivity index (χ2v) is 5.00. The maximum Gasteiger partial charge on any atom is 0.114 e. The third kappa shape index (κ3) is 3.73. The van der Waals surface area contributed by atoms with Gasteiger partial charge in [0.05, 0.1) is 0 Å². The van der Waals surface area contributed by atoms with Crippen molar-refractivity contribution >= 4 is 28.3 Å². The minimum atomic E-state index is -0.592. The second kappa shape index (κ2) is 7.09. The van der Waals surface area contributed by atoms with Crippen LogP contribution in [-0.4, -0.2) is 11.4 Å². The van der Waals surface area contributed by atoms with Crippen molar-refractivity contribution in [1.82, 2.24) is 4.90 Å². The average molecular weight is 447 g/mol. The normalized spacial score (nSPS) is 14.7. The van der Waals surface area contributed by atoms with E-state index in [1.54, 1.807) is 6.08 Å². The predicted octanol–water partition coefficient (Wildman–Crippen LogP) is 4.27. The molecule has 2 rings (SSSR count). The Labute approximate surface area is 150 Å². The first kappa shape index (κ1) is 17.0. The van der Waals surface area contributed by atoms with Crippen molar-refractivity contribution in [1.29, 1.82) is 0 Å². The quantitative estimate of drug-likeness (QED) is 0.484. The van der Waals surface area contributed by atoms with Crippen LogP contribution in [0.15, 0.2) is 40.1 Å². The van der Waals surface area contributed by atoms with Crippen LogP contribution in [0.25, 0.3) is 5.70 Å². The van der Waals surface area contributed by atoms with Crippen molar-refractivity contribution in [2.24, 2.45) is 0 Å². The molecule has 0 bridgehead atoms. The molecule has 0 saturated carbocycles. The van der Waals surface area contributed by atoms with E-state index in [0.29, 0.717) is 17.8 Å². The molecule has 0 saturated heterocycles. The summed E-state index contributed by atoms with van der Waals surface area (Å²) in [6.45, 7) is 6.59. The summed E-state index contributed by atoms with van der Waals surface area (Å²) in [6.07, 6.45) is 4.82. The maximum atomic E-state index is 13.2. The third-order valence-electron chi connectivity index (χ3n) is 2.66. The summed E-state index contributed by atoms with van der Waals surface area (Å²) in [6, 6.07) is 3.46. The fourth-order valence-electron chi connectivity index (χ4n) is 1.84. The summed E-state index contributed by atoms with van der Waals surface area (Å²) in [7, 11) is 0. The van der Waals surface area contributed by atoms with Gasteiger partial charge >= 0.3 is 0 Å². The summed E-state index contributed by atoms with van der Waals surface area (Å²) < 4.78 is 27.5. The summed E-state index contributed by atoms with van der Waals surface area (Å²) >= 11 is 2.16. The number of rotatable bonds is 2. The fourth-order valence-corrected chi connectivity index (χ4v) is 2.28. The van der Waals surface area contributed by atoms with E-state index in [1.807, 2.05) is 11.8 Å². The van der Waals surface area contributed by atoms with Crippen LogP contribution in [0.3, 0.4) is 0 Å². The first-order chi connectivity index (χ1) is 8.52. The van der Waals surface area contributed by atoms with E-state index >= 15 is 0 Å². The van der Waals surface area contributed by atoms with Gasteiger partial charge in [0.25, 0.3) is 0 Å². The van der Waals surface area contributed by atoms with Crippen LogP contribution >= 0.6 is 22.6 Å². The van der Waals surface area contributed by atoms with E-state index in [0.717, 1.165) is 15.3 Å². The Morgan fingerprint density at radius 3 is 2.37 bits per heavy atom. The predicted molar refractivity (Wildman–Crippen MR) is 76.6 cm³/mol. The van der Waals surface area contributed by atoms with Crippen molar-refractivity contribution in [3.63, 3.8) is 0 Å². The van der Waals surface area contributed by atoms with Gasteiger partial charge in [-0.15, -0.1) is 22.6 Å². The number of benzene rings is 1. The minimum absolute atomic E-state index is 0. The molecule has 0 amide bonds. The van der Waals surface area contributed by atoms with Crippen molar-refractivity contribution in [3.8, 4) is 0 Å². The van der Waals surface area contributed by atoms with Gasteiger partial charge in [0, 0.05) is 45.3 Å². The molecule has 1 aliphatic heterocycles. The number of likely N-dealkylation sites (N-methyl/N-ethyl adjacent to an activating group) is 1. The summed E-state index contributed by atoms with van der Waals surface area (Å²) in [4.78, 5) is 1.88. The van der Waals surface area contributed by atoms with Crippen LogP contribution in [0.2, 0.25) is 0 Å². The van der Waals surface area contributed by atoms with Gasteiger partial charge in [-0.1, -0.05) is 33.6 Å². The summed E-state index contributed by atoms with van der Waals surface area (Å²) in [5.74, 6) is -1.18. The number of halogens is 3. The number of nitrogens with zero attached hydrogens (tertiary/aromatic N) is 1. The molecule has 5 heteroatoms. The zero-order valence-corrected chi connectivity index (χ0v) is 15.4. The van der Waals surface area contributed by atoms with Gasteiger partial charge in [0.1, 0.15) is 11.6 Å². The molecule has 0 aromatic heterocycles. The van der Waals surface area contributed by atoms with Crippen LogP contribution in [0.4, 0.5) is 8.78 Å². The number of hydrogen-bond donors (Lipinski definition) is 0. The number of hydrogen-bond acceptors (Lipinski definition) is 1. The molecule has 0 N–H and O–H groups in total. The second-order valence-electron chi connectivity index (χ2n) is 3.83. The molecule has 19 heavy (non-hydrogen) atoms. The van der Waals surface area contributed by atoms with Crippen molar-refractivity contribution in [3.05, 3.63) is 63.4 Å². The van der Waals surface area contributed by atoms with Crippen LogP contribution < -0.4 is 0 Å². The van der Waals surface area contributed by atoms with Crippen molar-refractivity contribution in [2.45, 2.75) is 6.92 Å². The Morgan fingerprint density at radius 1 is 1.26 bits per heavy atom. The first-order valence-corrected chi connectivity index (χ1v) is 6.53. The SMILES string of the molecule is C=C1C(I)=C[C-]=C(c2cc(F)cc(F)c2)N1CC.[Y]. The molecule has 0 aliphatic carbocycles.